The molecule has 4 aromatic carbocycles. The number of hydrogen-bond acceptors (Lipinski definition) is 3. The van der Waals surface area contributed by atoms with Crippen molar-refractivity contribution in [2.24, 2.45) is 0 Å². The summed E-state index contributed by atoms with van der Waals surface area (Å²) in [6, 6.07) is 19.3. The van der Waals surface area contributed by atoms with Gasteiger partial charge < -0.3 is 13.3 Å². The van der Waals surface area contributed by atoms with Gasteiger partial charge in [-0.25, -0.2) is 0 Å². The second-order valence-electron chi connectivity index (χ2n) is 5.64. The summed E-state index contributed by atoms with van der Waals surface area (Å²) in [5.74, 6) is 0. The molecule has 0 aliphatic carbocycles. The summed E-state index contributed by atoms with van der Waals surface area (Å²) >= 11 is 0. The van der Waals surface area contributed by atoms with E-state index in [4.69, 9.17) is 13.3 Å². The molecule has 23 heavy (non-hydrogen) atoms. The first-order valence-corrected chi connectivity index (χ1v) is 9.29. The van der Waals surface area contributed by atoms with E-state index in [9.17, 15) is 0 Å². The molecule has 116 valence electrons. The first-order chi connectivity index (χ1) is 11.2. The van der Waals surface area contributed by atoms with E-state index < -0.39 is 8.80 Å². The quantitative estimate of drug-likeness (QED) is 0.424. The molecule has 0 aromatic heterocycles. The third-order valence-corrected chi connectivity index (χ3v) is 7.37. The van der Waals surface area contributed by atoms with Crippen molar-refractivity contribution in [3.63, 3.8) is 0 Å². The van der Waals surface area contributed by atoms with Crippen LogP contribution in [0.2, 0.25) is 0 Å². The molecular weight excluding hydrogens is 304 g/mol. The third kappa shape index (κ3) is 1.93. The van der Waals surface area contributed by atoms with Gasteiger partial charge >= 0.3 is 8.80 Å². The van der Waals surface area contributed by atoms with Crippen LogP contribution in [0.15, 0.2) is 54.6 Å². The van der Waals surface area contributed by atoms with E-state index in [1.165, 1.54) is 26.9 Å². The van der Waals surface area contributed by atoms with Crippen LogP contribution in [-0.4, -0.2) is 30.1 Å². The van der Waals surface area contributed by atoms with Gasteiger partial charge in [-0.1, -0.05) is 54.6 Å². The normalized spacial score (nSPS) is 12.7. The standard InChI is InChI=1S/C19H18O3Si/c1-20-23(21-2,22-3)17-12-10-15-8-7-13-5-4-6-14-9-11-16(17)19(15)18(13)14/h4-12H,1-3H3. The van der Waals surface area contributed by atoms with Gasteiger partial charge in [0.05, 0.1) is 0 Å². The highest BCUT2D eigenvalue weighted by atomic mass is 28.4. The SMILES string of the molecule is CO[Si](OC)(OC)c1ccc2ccc3cccc4ccc1c2c34. The Morgan fingerprint density at radius 1 is 0.609 bits per heavy atom. The fourth-order valence-electron chi connectivity index (χ4n) is 3.58. The minimum absolute atomic E-state index is 1.01. The van der Waals surface area contributed by atoms with Gasteiger partial charge in [-0.2, -0.15) is 0 Å². The molecule has 0 amide bonds. The summed E-state index contributed by atoms with van der Waals surface area (Å²) in [6.45, 7) is 0. The van der Waals surface area contributed by atoms with Crippen molar-refractivity contribution < 1.29 is 13.3 Å². The van der Waals surface area contributed by atoms with Crippen LogP contribution in [0, 0.1) is 0 Å². The maximum absolute atomic E-state index is 5.71. The minimum atomic E-state index is -2.89. The molecule has 0 unspecified atom stereocenters. The van der Waals surface area contributed by atoms with E-state index in [0.29, 0.717) is 0 Å². The molecule has 0 aliphatic rings. The summed E-state index contributed by atoms with van der Waals surface area (Å²) in [6.07, 6.45) is 0. The van der Waals surface area contributed by atoms with E-state index in [1.54, 1.807) is 21.3 Å². The average molecular weight is 322 g/mol. The Bertz CT molecular complexity index is 968. The van der Waals surface area contributed by atoms with E-state index in [0.717, 1.165) is 10.6 Å². The molecule has 0 aliphatic heterocycles. The van der Waals surface area contributed by atoms with E-state index in [1.807, 2.05) is 0 Å². The van der Waals surface area contributed by atoms with Gasteiger partial charge in [0.2, 0.25) is 0 Å². The molecule has 3 nitrogen and oxygen atoms in total. The van der Waals surface area contributed by atoms with Crippen molar-refractivity contribution >= 4 is 46.3 Å². The molecule has 0 bridgehead atoms. The summed E-state index contributed by atoms with van der Waals surface area (Å²) < 4.78 is 17.1. The highest BCUT2D eigenvalue weighted by Crippen LogP contribution is 2.34. The van der Waals surface area contributed by atoms with Crippen molar-refractivity contribution in [3.05, 3.63) is 54.6 Å². The summed E-state index contributed by atoms with van der Waals surface area (Å²) in [4.78, 5) is 0. The van der Waals surface area contributed by atoms with E-state index in [2.05, 4.69) is 54.6 Å². The highest BCUT2D eigenvalue weighted by Gasteiger charge is 2.42. The Hall–Kier alpha value is -1.98. The van der Waals surface area contributed by atoms with Crippen LogP contribution in [0.25, 0.3) is 32.3 Å². The topological polar surface area (TPSA) is 27.7 Å². The number of rotatable bonds is 4. The van der Waals surface area contributed by atoms with Crippen LogP contribution in [0.5, 0.6) is 0 Å². The molecule has 4 heteroatoms. The van der Waals surface area contributed by atoms with Crippen LogP contribution in [0.3, 0.4) is 0 Å². The van der Waals surface area contributed by atoms with Crippen LogP contribution >= 0.6 is 0 Å². The first kappa shape index (κ1) is 14.6. The molecular formula is C19H18O3Si. The van der Waals surface area contributed by atoms with Gasteiger partial charge in [0, 0.05) is 26.5 Å². The molecule has 0 heterocycles. The van der Waals surface area contributed by atoms with Crippen LogP contribution < -0.4 is 5.19 Å². The monoisotopic (exact) mass is 322 g/mol. The molecule has 0 spiro atoms. The Balaban J connectivity index is 2.20. The maximum Gasteiger partial charge on any atom is 0.537 e. The van der Waals surface area contributed by atoms with Crippen LogP contribution in [0.4, 0.5) is 0 Å². The zero-order chi connectivity index (χ0) is 16.0. The smallest absolute Gasteiger partial charge is 0.373 e. The van der Waals surface area contributed by atoms with Crippen molar-refractivity contribution in [2.45, 2.75) is 0 Å². The zero-order valence-electron chi connectivity index (χ0n) is 13.4. The van der Waals surface area contributed by atoms with Gasteiger partial charge in [0.25, 0.3) is 0 Å². The fourth-order valence-corrected chi connectivity index (χ4v) is 5.57. The Morgan fingerprint density at radius 3 is 1.74 bits per heavy atom. The van der Waals surface area contributed by atoms with Crippen LogP contribution in [0.1, 0.15) is 0 Å². The third-order valence-electron chi connectivity index (χ3n) is 4.66. The van der Waals surface area contributed by atoms with Gasteiger partial charge in [0.15, 0.2) is 0 Å². The molecule has 0 N–H and O–H groups in total. The Labute approximate surface area is 136 Å². The van der Waals surface area contributed by atoms with E-state index >= 15 is 0 Å². The zero-order valence-corrected chi connectivity index (χ0v) is 14.4. The van der Waals surface area contributed by atoms with Gasteiger partial charge in [-0.3, -0.25) is 0 Å². The predicted molar refractivity (Wildman–Crippen MR) is 96.6 cm³/mol. The molecule has 0 saturated carbocycles. The van der Waals surface area contributed by atoms with Crippen LogP contribution in [-0.2, 0) is 13.3 Å². The number of benzene rings is 4. The average Bonchev–Trinajstić information content (AvgIpc) is 2.62. The summed E-state index contributed by atoms with van der Waals surface area (Å²) in [5.41, 5.74) is 0. The molecule has 0 atom stereocenters. The molecule has 0 fully saturated rings. The van der Waals surface area contributed by atoms with Crippen molar-refractivity contribution in [2.75, 3.05) is 21.3 Å². The lowest BCUT2D eigenvalue weighted by Crippen LogP contribution is -2.54. The second-order valence-corrected chi connectivity index (χ2v) is 8.51. The Morgan fingerprint density at radius 2 is 1.13 bits per heavy atom. The highest BCUT2D eigenvalue weighted by molar-refractivity contribution is 6.77. The second kappa shape index (κ2) is 5.28. The largest absolute Gasteiger partial charge is 0.537 e. The molecule has 0 saturated heterocycles. The lowest BCUT2D eigenvalue weighted by Gasteiger charge is -2.26. The van der Waals surface area contributed by atoms with Crippen molar-refractivity contribution in [3.8, 4) is 0 Å². The molecule has 0 radical (unpaired) electrons. The predicted octanol–water partition coefficient (Wildman–Crippen LogP) is 3.67. The maximum atomic E-state index is 5.71. The lowest BCUT2D eigenvalue weighted by atomic mass is 9.94. The van der Waals surface area contributed by atoms with Gasteiger partial charge in [0.1, 0.15) is 0 Å². The van der Waals surface area contributed by atoms with Crippen molar-refractivity contribution in [1.82, 2.24) is 0 Å². The minimum Gasteiger partial charge on any atom is -0.373 e. The Kier molecular flexibility index (Phi) is 3.35. The van der Waals surface area contributed by atoms with E-state index in [-0.39, 0.29) is 0 Å². The van der Waals surface area contributed by atoms with Gasteiger partial charge in [-0.15, -0.1) is 0 Å². The summed E-state index contributed by atoms with van der Waals surface area (Å²) in [5, 5.41) is 8.41. The number of hydrogen-bond donors (Lipinski definition) is 0. The first-order valence-electron chi connectivity index (χ1n) is 7.56. The fraction of sp³-hybridized carbons (Fsp3) is 0.158. The van der Waals surface area contributed by atoms with Gasteiger partial charge in [-0.05, 0) is 32.3 Å². The lowest BCUT2D eigenvalue weighted by molar-refractivity contribution is 0.140. The molecule has 4 rings (SSSR count). The summed E-state index contributed by atoms with van der Waals surface area (Å²) in [7, 11) is 2.06. The van der Waals surface area contributed by atoms with Crippen molar-refractivity contribution in [1.29, 1.82) is 0 Å². The molecule has 4 aromatic rings.